The van der Waals surface area contributed by atoms with E-state index in [2.05, 4.69) is 0 Å². The topological polar surface area (TPSA) is 37.3 Å². The molecule has 0 aromatic heterocycles. The van der Waals surface area contributed by atoms with E-state index in [1.807, 2.05) is 0 Å². The Hall–Kier alpha value is -0.530. The van der Waals surface area contributed by atoms with Gasteiger partial charge in [-0.25, -0.2) is 0 Å². The molecule has 0 amide bonds. The van der Waals surface area contributed by atoms with Gasteiger partial charge in [0.1, 0.15) is 0 Å². The summed E-state index contributed by atoms with van der Waals surface area (Å²) < 4.78 is 0. The molecule has 2 aliphatic rings. The molecule has 3 atom stereocenters. The van der Waals surface area contributed by atoms with Gasteiger partial charge in [0.15, 0.2) is 0 Å². The number of hydrogen-bond acceptors (Lipinski definition) is 1. The molecular formula is C9H14O2. The maximum absolute atomic E-state index is 10.7. The first-order valence-corrected chi connectivity index (χ1v) is 4.48. The van der Waals surface area contributed by atoms with Crippen LogP contribution in [0.15, 0.2) is 0 Å². The number of carbonyl (C=O) groups is 1. The molecule has 0 aromatic carbocycles. The Labute approximate surface area is 66.6 Å². The highest BCUT2D eigenvalue weighted by Crippen LogP contribution is 2.44. The summed E-state index contributed by atoms with van der Waals surface area (Å²) in [6.07, 6.45) is 5.78. The molecule has 2 fully saturated rings. The zero-order chi connectivity index (χ0) is 7.84. The quantitative estimate of drug-likeness (QED) is 0.626. The van der Waals surface area contributed by atoms with E-state index in [-0.39, 0.29) is 5.92 Å². The van der Waals surface area contributed by atoms with Gasteiger partial charge in [0.2, 0.25) is 0 Å². The summed E-state index contributed by atoms with van der Waals surface area (Å²) in [5.41, 5.74) is 0. The van der Waals surface area contributed by atoms with Crippen molar-refractivity contribution in [2.45, 2.75) is 32.1 Å². The lowest BCUT2D eigenvalue weighted by Gasteiger charge is -2.24. The second-order valence-corrected chi connectivity index (χ2v) is 4.05. The Kier molecular flexibility index (Phi) is 1.63. The predicted molar refractivity (Wildman–Crippen MR) is 41.2 cm³/mol. The third kappa shape index (κ3) is 1.26. The molecule has 0 radical (unpaired) electrons. The maximum Gasteiger partial charge on any atom is 0.306 e. The van der Waals surface area contributed by atoms with Crippen molar-refractivity contribution in [3.05, 3.63) is 0 Å². The number of rotatable bonds is 1. The monoisotopic (exact) mass is 154 g/mol. The van der Waals surface area contributed by atoms with Gasteiger partial charge in [-0.1, -0.05) is 12.8 Å². The molecule has 2 heteroatoms. The molecule has 0 aliphatic heterocycles. The largest absolute Gasteiger partial charge is 0.481 e. The normalized spacial score (nSPS) is 42.4. The van der Waals surface area contributed by atoms with Crippen molar-refractivity contribution in [2.75, 3.05) is 0 Å². The summed E-state index contributed by atoms with van der Waals surface area (Å²) in [5.74, 6) is 0.910. The fraction of sp³-hybridized carbons (Fsp3) is 0.889. The molecule has 2 saturated carbocycles. The van der Waals surface area contributed by atoms with Crippen molar-refractivity contribution in [2.24, 2.45) is 17.8 Å². The van der Waals surface area contributed by atoms with Crippen LogP contribution in [0.4, 0.5) is 0 Å². The number of carboxylic acid groups (broad SMARTS) is 1. The second-order valence-electron chi connectivity index (χ2n) is 4.05. The van der Waals surface area contributed by atoms with Crippen LogP contribution in [0.25, 0.3) is 0 Å². The molecular weight excluding hydrogens is 140 g/mol. The van der Waals surface area contributed by atoms with Gasteiger partial charge in [-0.3, -0.25) is 4.79 Å². The Morgan fingerprint density at radius 1 is 1.09 bits per heavy atom. The Bertz CT molecular complexity index is 164. The minimum Gasteiger partial charge on any atom is -0.481 e. The predicted octanol–water partition coefficient (Wildman–Crippen LogP) is 1.90. The molecule has 2 aliphatic carbocycles. The molecule has 11 heavy (non-hydrogen) atoms. The number of hydrogen-bond donors (Lipinski definition) is 1. The lowest BCUT2D eigenvalue weighted by molar-refractivity contribution is -0.143. The van der Waals surface area contributed by atoms with E-state index in [0.29, 0.717) is 0 Å². The second kappa shape index (κ2) is 2.50. The molecule has 0 saturated heterocycles. The van der Waals surface area contributed by atoms with Gasteiger partial charge < -0.3 is 5.11 Å². The number of carboxylic acids is 1. The van der Waals surface area contributed by atoms with Crippen LogP contribution in [0.3, 0.4) is 0 Å². The van der Waals surface area contributed by atoms with Gasteiger partial charge in [0.25, 0.3) is 0 Å². The number of aliphatic carboxylic acids is 1. The fourth-order valence-electron chi connectivity index (χ4n) is 2.71. The number of fused-ring (bicyclic) bond motifs is 2. The highest BCUT2D eigenvalue weighted by atomic mass is 16.4. The van der Waals surface area contributed by atoms with Crippen LogP contribution in [0.5, 0.6) is 0 Å². The Balaban J connectivity index is 2.02. The van der Waals surface area contributed by atoms with E-state index in [4.69, 9.17) is 5.11 Å². The van der Waals surface area contributed by atoms with Crippen molar-refractivity contribution in [3.8, 4) is 0 Å². The molecule has 0 aromatic rings. The zero-order valence-corrected chi connectivity index (χ0v) is 6.62. The Morgan fingerprint density at radius 3 is 2.09 bits per heavy atom. The Morgan fingerprint density at radius 2 is 1.64 bits per heavy atom. The van der Waals surface area contributed by atoms with Crippen LogP contribution in [0.1, 0.15) is 32.1 Å². The molecule has 1 N–H and O–H groups in total. The first-order chi connectivity index (χ1) is 5.25. The summed E-state index contributed by atoms with van der Waals surface area (Å²) >= 11 is 0. The van der Waals surface area contributed by atoms with Crippen molar-refractivity contribution in [1.82, 2.24) is 0 Å². The minimum absolute atomic E-state index is 0.0127. The molecule has 62 valence electrons. The van der Waals surface area contributed by atoms with Gasteiger partial charge >= 0.3 is 5.97 Å². The highest BCUT2D eigenvalue weighted by molar-refractivity contribution is 5.70. The van der Waals surface area contributed by atoms with Crippen molar-refractivity contribution < 1.29 is 9.90 Å². The van der Waals surface area contributed by atoms with Gasteiger partial charge in [-0.05, 0) is 31.1 Å². The van der Waals surface area contributed by atoms with Gasteiger partial charge in [0, 0.05) is 0 Å². The minimum atomic E-state index is -0.568. The smallest absolute Gasteiger partial charge is 0.306 e. The van der Waals surface area contributed by atoms with E-state index in [1.165, 1.54) is 19.3 Å². The third-order valence-corrected chi connectivity index (χ3v) is 3.23. The highest BCUT2D eigenvalue weighted by Gasteiger charge is 2.36. The average molecular weight is 154 g/mol. The van der Waals surface area contributed by atoms with Crippen LogP contribution in [0, 0.1) is 17.8 Å². The lowest BCUT2D eigenvalue weighted by Crippen LogP contribution is -2.22. The molecule has 2 nitrogen and oxygen atoms in total. The van der Waals surface area contributed by atoms with Crippen molar-refractivity contribution in [1.29, 1.82) is 0 Å². The van der Waals surface area contributed by atoms with E-state index >= 15 is 0 Å². The average Bonchev–Trinajstić information content (AvgIpc) is 2.30. The van der Waals surface area contributed by atoms with Gasteiger partial charge in [-0.2, -0.15) is 0 Å². The summed E-state index contributed by atoms with van der Waals surface area (Å²) in [6.45, 7) is 0. The van der Waals surface area contributed by atoms with Crippen molar-refractivity contribution in [3.63, 3.8) is 0 Å². The van der Waals surface area contributed by atoms with Crippen LogP contribution >= 0.6 is 0 Å². The van der Waals surface area contributed by atoms with E-state index in [0.717, 1.165) is 24.7 Å². The van der Waals surface area contributed by atoms with E-state index < -0.39 is 5.97 Å². The molecule has 2 bridgehead atoms. The molecule has 0 heterocycles. The summed E-state index contributed by atoms with van der Waals surface area (Å²) in [6, 6.07) is 0. The van der Waals surface area contributed by atoms with E-state index in [9.17, 15) is 4.79 Å². The molecule has 1 unspecified atom stereocenters. The van der Waals surface area contributed by atoms with Gasteiger partial charge in [0.05, 0.1) is 5.92 Å². The zero-order valence-electron chi connectivity index (χ0n) is 6.62. The summed E-state index contributed by atoms with van der Waals surface area (Å²) in [5, 5.41) is 8.80. The first-order valence-electron chi connectivity index (χ1n) is 4.48. The molecule has 0 spiro atoms. The lowest BCUT2D eigenvalue weighted by atomic mass is 9.81. The van der Waals surface area contributed by atoms with Crippen LogP contribution in [-0.4, -0.2) is 11.1 Å². The fourth-order valence-corrected chi connectivity index (χ4v) is 2.71. The third-order valence-electron chi connectivity index (χ3n) is 3.23. The summed E-state index contributed by atoms with van der Waals surface area (Å²) in [7, 11) is 0. The van der Waals surface area contributed by atoms with Crippen LogP contribution in [-0.2, 0) is 4.79 Å². The first kappa shape index (κ1) is 7.14. The maximum atomic E-state index is 10.7. The molecule has 2 rings (SSSR count). The SMILES string of the molecule is O=C(O)C1C[C@H]2CC[C@@H](C1)C2. The van der Waals surface area contributed by atoms with Crippen molar-refractivity contribution >= 4 is 5.97 Å². The van der Waals surface area contributed by atoms with Crippen LogP contribution in [0.2, 0.25) is 0 Å². The van der Waals surface area contributed by atoms with Gasteiger partial charge in [-0.15, -0.1) is 0 Å². The van der Waals surface area contributed by atoms with Crippen LogP contribution < -0.4 is 0 Å². The standard InChI is InChI=1S/C9H14O2/c10-9(11)8-4-6-1-2-7(3-6)5-8/h6-8H,1-5H2,(H,10,11)/t6-,7+,8?. The van der Waals surface area contributed by atoms with E-state index in [1.54, 1.807) is 0 Å². The summed E-state index contributed by atoms with van der Waals surface area (Å²) in [4.78, 5) is 10.7.